The topological polar surface area (TPSA) is 12.4 Å². The smallest absolute Gasteiger partial charge is 0.0403 e. The van der Waals surface area contributed by atoms with Crippen LogP contribution in [0.1, 0.15) is 51.7 Å². The van der Waals surface area contributed by atoms with Crippen LogP contribution >= 0.6 is 0 Å². The summed E-state index contributed by atoms with van der Waals surface area (Å²) < 4.78 is 0. The lowest BCUT2D eigenvalue weighted by Crippen LogP contribution is -1.89. The van der Waals surface area contributed by atoms with E-state index in [0.717, 1.165) is 5.70 Å². The van der Waals surface area contributed by atoms with Gasteiger partial charge in [-0.25, -0.2) is 0 Å². The Morgan fingerprint density at radius 3 is 2.12 bits per heavy atom. The van der Waals surface area contributed by atoms with Crippen molar-refractivity contribution in [2.45, 2.75) is 40.5 Å². The molecule has 1 aromatic rings. The maximum atomic E-state index is 4.31. The summed E-state index contributed by atoms with van der Waals surface area (Å²) >= 11 is 0. The first kappa shape index (κ1) is 12.7. The van der Waals surface area contributed by atoms with Crippen LogP contribution in [0.4, 0.5) is 0 Å². The SMILES string of the molecule is CC=N/C(C)=C(\C)c1ccc(C(C)C)cc1. The van der Waals surface area contributed by atoms with Crippen molar-refractivity contribution in [2.24, 2.45) is 4.99 Å². The zero-order valence-electron chi connectivity index (χ0n) is 10.9. The molecule has 86 valence electrons. The van der Waals surface area contributed by atoms with Crippen molar-refractivity contribution in [2.75, 3.05) is 0 Å². The molecule has 0 N–H and O–H groups in total. The van der Waals surface area contributed by atoms with Gasteiger partial charge in [-0.3, -0.25) is 4.99 Å². The monoisotopic (exact) mass is 215 g/mol. The fourth-order valence-corrected chi connectivity index (χ4v) is 1.62. The highest BCUT2D eigenvalue weighted by Crippen LogP contribution is 2.21. The van der Waals surface area contributed by atoms with E-state index in [4.69, 9.17) is 0 Å². The molecule has 0 bridgehead atoms. The molecule has 0 atom stereocenters. The fraction of sp³-hybridized carbons (Fsp3) is 0.400. The minimum Gasteiger partial charge on any atom is -0.266 e. The summed E-state index contributed by atoms with van der Waals surface area (Å²) in [6.45, 7) is 10.5. The van der Waals surface area contributed by atoms with Gasteiger partial charge in [0.2, 0.25) is 0 Å². The van der Waals surface area contributed by atoms with Gasteiger partial charge >= 0.3 is 0 Å². The van der Waals surface area contributed by atoms with Crippen molar-refractivity contribution in [1.82, 2.24) is 0 Å². The van der Waals surface area contributed by atoms with Crippen molar-refractivity contribution in [3.63, 3.8) is 0 Å². The van der Waals surface area contributed by atoms with Crippen LogP contribution in [0.25, 0.3) is 5.57 Å². The first-order valence-corrected chi connectivity index (χ1v) is 5.82. The van der Waals surface area contributed by atoms with Crippen LogP contribution in [-0.4, -0.2) is 6.21 Å². The van der Waals surface area contributed by atoms with Crippen LogP contribution in [0.15, 0.2) is 35.0 Å². The molecular weight excluding hydrogens is 194 g/mol. The van der Waals surface area contributed by atoms with Crippen molar-refractivity contribution in [1.29, 1.82) is 0 Å². The van der Waals surface area contributed by atoms with Gasteiger partial charge < -0.3 is 0 Å². The van der Waals surface area contributed by atoms with Gasteiger partial charge in [-0.15, -0.1) is 0 Å². The molecule has 0 spiro atoms. The Bertz CT molecular complexity index is 394. The Labute approximate surface area is 98.9 Å². The molecule has 0 radical (unpaired) electrons. The second-order valence-electron chi connectivity index (χ2n) is 4.37. The second kappa shape index (κ2) is 5.64. The van der Waals surface area contributed by atoms with E-state index in [1.807, 2.05) is 20.1 Å². The lowest BCUT2D eigenvalue weighted by molar-refractivity contribution is 0.866. The number of nitrogens with zero attached hydrogens (tertiary/aromatic N) is 1. The summed E-state index contributed by atoms with van der Waals surface area (Å²) in [4.78, 5) is 4.31. The first-order chi connectivity index (χ1) is 7.56. The predicted molar refractivity (Wildman–Crippen MR) is 73.0 cm³/mol. The Balaban J connectivity index is 3.02. The average Bonchev–Trinajstić information content (AvgIpc) is 2.28. The van der Waals surface area contributed by atoms with Crippen molar-refractivity contribution < 1.29 is 0 Å². The molecule has 0 aliphatic heterocycles. The van der Waals surface area contributed by atoms with Gasteiger partial charge in [0.1, 0.15) is 0 Å². The number of aliphatic imine (C=N–C) groups is 1. The van der Waals surface area contributed by atoms with E-state index in [9.17, 15) is 0 Å². The van der Waals surface area contributed by atoms with Crippen molar-refractivity contribution in [3.8, 4) is 0 Å². The van der Waals surface area contributed by atoms with Crippen LogP contribution in [0.5, 0.6) is 0 Å². The average molecular weight is 215 g/mol. The molecule has 1 heteroatoms. The van der Waals surface area contributed by atoms with E-state index >= 15 is 0 Å². The molecule has 0 fully saturated rings. The summed E-state index contributed by atoms with van der Waals surface area (Å²) in [5, 5.41) is 0. The van der Waals surface area contributed by atoms with E-state index in [2.05, 4.69) is 50.0 Å². The molecule has 0 aliphatic carbocycles. The standard InChI is InChI=1S/C15H21N/c1-6-16-13(5)12(4)15-9-7-14(8-10-15)11(2)3/h6-11H,1-5H3/b13-12+,16-6?. The highest BCUT2D eigenvalue weighted by molar-refractivity contribution is 5.69. The summed E-state index contributed by atoms with van der Waals surface area (Å²) in [7, 11) is 0. The molecular formula is C15H21N. The molecule has 0 saturated heterocycles. The van der Waals surface area contributed by atoms with Gasteiger partial charge in [0, 0.05) is 11.9 Å². The highest BCUT2D eigenvalue weighted by atomic mass is 14.7. The van der Waals surface area contributed by atoms with Gasteiger partial charge in [0.15, 0.2) is 0 Å². The fourth-order valence-electron chi connectivity index (χ4n) is 1.62. The number of rotatable bonds is 3. The third-order valence-corrected chi connectivity index (χ3v) is 2.88. The van der Waals surface area contributed by atoms with E-state index in [0.29, 0.717) is 5.92 Å². The maximum absolute atomic E-state index is 4.31. The van der Waals surface area contributed by atoms with E-state index in [-0.39, 0.29) is 0 Å². The van der Waals surface area contributed by atoms with Crippen LogP contribution < -0.4 is 0 Å². The molecule has 0 saturated carbocycles. The normalized spacial score (nSPS) is 13.4. The molecule has 0 amide bonds. The molecule has 1 nitrogen and oxygen atoms in total. The van der Waals surface area contributed by atoms with Gasteiger partial charge in [-0.05, 0) is 43.4 Å². The zero-order chi connectivity index (χ0) is 12.1. The molecule has 1 aromatic carbocycles. The summed E-state index contributed by atoms with van der Waals surface area (Å²) in [5.41, 5.74) is 4.97. The maximum Gasteiger partial charge on any atom is 0.0403 e. The predicted octanol–water partition coefficient (Wildman–Crippen LogP) is 4.65. The van der Waals surface area contributed by atoms with E-state index < -0.39 is 0 Å². The zero-order valence-corrected chi connectivity index (χ0v) is 10.9. The summed E-state index contributed by atoms with van der Waals surface area (Å²) in [5.74, 6) is 0.591. The number of benzene rings is 1. The molecule has 1 rings (SSSR count). The summed E-state index contributed by atoms with van der Waals surface area (Å²) in [6.07, 6.45) is 1.83. The lowest BCUT2D eigenvalue weighted by atomic mass is 9.99. The largest absolute Gasteiger partial charge is 0.266 e. The van der Waals surface area contributed by atoms with Crippen LogP contribution in [0.2, 0.25) is 0 Å². The Morgan fingerprint density at radius 2 is 1.69 bits per heavy atom. The molecule has 0 aliphatic rings. The summed E-state index contributed by atoms with van der Waals surface area (Å²) in [6, 6.07) is 8.76. The van der Waals surface area contributed by atoms with Gasteiger partial charge in [-0.2, -0.15) is 0 Å². The van der Waals surface area contributed by atoms with Gasteiger partial charge in [0.25, 0.3) is 0 Å². The van der Waals surface area contributed by atoms with Crippen LogP contribution in [0, 0.1) is 0 Å². The van der Waals surface area contributed by atoms with Crippen molar-refractivity contribution >= 4 is 11.8 Å². The third-order valence-electron chi connectivity index (χ3n) is 2.88. The second-order valence-corrected chi connectivity index (χ2v) is 4.37. The first-order valence-electron chi connectivity index (χ1n) is 5.82. The molecule has 0 unspecified atom stereocenters. The Morgan fingerprint density at radius 1 is 1.12 bits per heavy atom. The molecule has 0 aromatic heterocycles. The quantitative estimate of drug-likeness (QED) is 0.651. The highest BCUT2D eigenvalue weighted by Gasteiger charge is 2.02. The van der Waals surface area contributed by atoms with Crippen molar-refractivity contribution in [3.05, 3.63) is 41.1 Å². The van der Waals surface area contributed by atoms with Crippen LogP contribution in [0.3, 0.4) is 0 Å². The van der Waals surface area contributed by atoms with E-state index in [1.165, 1.54) is 16.7 Å². The lowest BCUT2D eigenvalue weighted by Gasteiger charge is -2.08. The minimum atomic E-state index is 0.591. The number of hydrogen-bond donors (Lipinski definition) is 0. The molecule has 0 heterocycles. The van der Waals surface area contributed by atoms with E-state index in [1.54, 1.807) is 0 Å². The van der Waals surface area contributed by atoms with Crippen LogP contribution in [-0.2, 0) is 0 Å². The van der Waals surface area contributed by atoms with Gasteiger partial charge in [0.05, 0.1) is 0 Å². The Kier molecular flexibility index (Phi) is 4.48. The minimum absolute atomic E-state index is 0.591. The number of allylic oxidation sites excluding steroid dienone is 2. The third kappa shape index (κ3) is 3.06. The van der Waals surface area contributed by atoms with Gasteiger partial charge in [-0.1, -0.05) is 38.1 Å². The Hall–Kier alpha value is -1.37. The molecule has 16 heavy (non-hydrogen) atoms. The number of hydrogen-bond acceptors (Lipinski definition) is 1.